The van der Waals surface area contributed by atoms with E-state index in [4.69, 9.17) is 0 Å². The number of aromatic nitrogens is 3. The molecule has 4 heterocycles. The Morgan fingerprint density at radius 1 is 1.00 bits per heavy atom. The minimum absolute atomic E-state index is 0.0825. The lowest BCUT2D eigenvalue weighted by Gasteiger charge is -2.39. The molecular formula is C32H36N8O. The molecule has 41 heavy (non-hydrogen) atoms. The number of rotatable bonds is 5. The highest BCUT2D eigenvalue weighted by atomic mass is 16.2. The molecule has 1 amide bonds. The van der Waals surface area contributed by atoms with Crippen LogP contribution in [0.2, 0.25) is 0 Å². The van der Waals surface area contributed by atoms with E-state index in [2.05, 4.69) is 62.3 Å². The van der Waals surface area contributed by atoms with Gasteiger partial charge in [-0.15, -0.1) is 0 Å². The Morgan fingerprint density at radius 3 is 2.59 bits per heavy atom. The van der Waals surface area contributed by atoms with Crippen molar-refractivity contribution in [3.05, 3.63) is 77.2 Å². The molecule has 2 saturated heterocycles. The van der Waals surface area contributed by atoms with Crippen LogP contribution in [-0.2, 0) is 0 Å². The topological polar surface area (TPSA) is 104 Å². The number of nitrogens with zero attached hydrogens (tertiary/aromatic N) is 6. The Morgan fingerprint density at radius 2 is 1.80 bits per heavy atom. The summed E-state index contributed by atoms with van der Waals surface area (Å²) in [5.41, 5.74) is 7.68. The van der Waals surface area contributed by atoms with Gasteiger partial charge >= 0.3 is 0 Å². The minimum atomic E-state index is 0.0825. The molecule has 2 unspecified atom stereocenters. The quantitative estimate of drug-likeness (QED) is 0.371. The van der Waals surface area contributed by atoms with Crippen LogP contribution in [-0.4, -0.2) is 71.3 Å². The SMILES string of the molecule is Cc1cc(C)c(C(=O)N2CCN(c3cncc4cn[nH]c34)CC2)cc1NC1CCN(c2ccccc2C#N)CC1C. The van der Waals surface area contributed by atoms with Crippen molar-refractivity contribution in [3.63, 3.8) is 0 Å². The predicted molar refractivity (Wildman–Crippen MR) is 162 cm³/mol. The number of amides is 1. The zero-order valence-corrected chi connectivity index (χ0v) is 23.9. The van der Waals surface area contributed by atoms with Crippen molar-refractivity contribution in [1.82, 2.24) is 20.1 Å². The van der Waals surface area contributed by atoms with Gasteiger partial charge in [0, 0.05) is 68.1 Å². The largest absolute Gasteiger partial charge is 0.382 e. The number of H-pyrrole nitrogens is 1. The second-order valence-electron chi connectivity index (χ2n) is 11.3. The molecule has 2 atom stereocenters. The van der Waals surface area contributed by atoms with Gasteiger partial charge in [0.15, 0.2) is 0 Å². The summed E-state index contributed by atoms with van der Waals surface area (Å²) in [6.45, 7) is 10.9. The van der Waals surface area contributed by atoms with Crippen molar-refractivity contribution >= 4 is 33.9 Å². The molecule has 2 aromatic carbocycles. The molecule has 2 fully saturated rings. The van der Waals surface area contributed by atoms with Crippen molar-refractivity contribution in [3.8, 4) is 6.07 Å². The van der Waals surface area contributed by atoms with Gasteiger partial charge in [-0.3, -0.25) is 14.9 Å². The van der Waals surface area contributed by atoms with E-state index in [0.29, 0.717) is 19.0 Å². The van der Waals surface area contributed by atoms with Gasteiger partial charge in [0.05, 0.1) is 34.8 Å². The maximum atomic E-state index is 13.7. The average molecular weight is 549 g/mol. The fourth-order valence-electron chi connectivity index (χ4n) is 6.27. The first-order chi connectivity index (χ1) is 19.9. The van der Waals surface area contributed by atoms with Crippen molar-refractivity contribution in [2.75, 3.05) is 54.4 Å². The van der Waals surface area contributed by atoms with Gasteiger partial charge < -0.3 is 20.0 Å². The van der Waals surface area contributed by atoms with Crippen LogP contribution in [0.25, 0.3) is 10.9 Å². The van der Waals surface area contributed by atoms with Gasteiger partial charge in [0.2, 0.25) is 0 Å². The van der Waals surface area contributed by atoms with Gasteiger partial charge in [-0.2, -0.15) is 10.4 Å². The summed E-state index contributed by atoms with van der Waals surface area (Å²) in [5, 5.41) is 21.6. The van der Waals surface area contributed by atoms with E-state index in [0.717, 1.165) is 82.8 Å². The lowest BCUT2D eigenvalue weighted by atomic mass is 9.92. The van der Waals surface area contributed by atoms with Crippen LogP contribution in [0, 0.1) is 31.1 Å². The fraction of sp³-hybridized carbons (Fsp3) is 0.375. The minimum Gasteiger partial charge on any atom is -0.382 e. The smallest absolute Gasteiger partial charge is 0.254 e. The van der Waals surface area contributed by atoms with E-state index in [1.165, 1.54) is 0 Å². The number of carbonyl (C=O) groups excluding carboxylic acids is 1. The second-order valence-corrected chi connectivity index (χ2v) is 11.3. The molecule has 0 aliphatic carbocycles. The highest BCUT2D eigenvalue weighted by molar-refractivity contribution is 5.97. The Kier molecular flexibility index (Phi) is 7.23. The number of carbonyl (C=O) groups is 1. The summed E-state index contributed by atoms with van der Waals surface area (Å²) in [6.07, 6.45) is 6.42. The Hall–Kier alpha value is -4.58. The van der Waals surface area contributed by atoms with Crippen LogP contribution in [0.4, 0.5) is 17.1 Å². The molecule has 0 saturated carbocycles. The molecule has 9 nitrogen and oxygen atoms in total. The van der Waals surface area contributed by atoms with Crippen LogP contribution < -0.4 is 15.1 Å². The van der Waals surface area contributed by atoms with E-state index in [-0.39, 0.29) is 11.9 Å². The number of para-hydroxylation sites is 1. The molecular weight excluding hydrogens is 512 g/mol. The number of aromatic amines is 1. The molecule has 0 radical (unpaired) electrons. The number of piperazine rings is 1. The molecule has 0 bridgehead atoms. The van der Waals surface area contributed by atoms with Crippen LogP contribution in [0.1, 0.15) is 40.4 Å². The Bertz CT molecular complexity index is 1610. The van der Waals surface area contributed by atoms with Crippen LogP contribution in [0.5, 0.6) is 0 Å². The highest BCUT2D eigenvalue weighted by Gasteiger charge is 2.29. The number of nitriles is 1. The van der Waals surface area contributed by atoms with Gasteiger partial charge in [-0.05, 0) is 55.5 Å². The maximum absolute atomic E-state index is 13.7. The fourth-order valence-corrected chi connectivity index (χ4v) is 6.27. The van der Waals surface area contributed by atoms with Crippen molar-refractivity contribution in [2.24, 2.45) is 5.92 Å². The van der Waals surface area contributed by atoms with Gasteiger partial charge in [0.25, 0.3) is 5.91 Å². The Balaban J connectivity index is 1.13. The molecule has 210 valence electrons. The molecule has 9 heteroatoms. The molecule has 2 aliphatic rings. The van der Waals surface area contributed by atoms with Crippen molar-refractivity contribution in [2.45, 2.75) is 33.2 Å². The standard InChI is InChI=1S/C32H36N8O/c1-21-14-22(2)28(36-27-8-9-40(20-23(27)3)29-7-5-4-6-24(29)16-33)15-26(21)32(41)39-12-10-38(11-13-39)30-19-34-17-25-18-35-37-31(25)30/h4-7,14-15,17-19,23,27,36H,8-13,20H2,1-3H3,(H,35,37). The number of anilines is 3. The number of aryl methyl sites for hydroxylation is 2. The lowest BCUT2D eigenvalue weighted by Crippen LogP contribution is -2.49. The third kappa shape index (κ3) is 5.18. The zero-order chi connectivity index (χ0) is 28.5. The number of piperidine rings is 1. The summed E-state index contributed by atoms with van der Waals surface area (Å²) >= 11 is 0. The summed E-state index contributed by atoms with van der Waals surface area (Å²) in [4.78, 5) is 24.7. The van der Waals surface area contributed by atoms with Crippen LogP contribution in [0.3, 0.4) is 0 Å². The molecule has 2 aromatic heterocycles. The first-order valence-electron chi connectivity index (χ1n) is 14.4. The van der Waals surface area contributed by atoms with E-state index in [9.17, 15) is 10.1 Å². The first-order valence-corrected chi connectivity index (χ1v) is 14.4. The Labute approximate surface area is 240 Å². The number of hydrogen-bond acceptors (Lipinski definition) is 7. The number of hydrogen-bond donors (Lipinski definition) is 2. The lowest BCUT2D eigenvalue weighted by molar-refractivity contribution is 0.0746. The van der Waals surface area contributed by atoms with Crippen molar-refractivity contribution < 1.29 is 4.79 Å². The van der Waals surface area contributed by atoms with E-state index >= 15 is 0 Å². The average Bonchev–Trinajstić information content (AvgIpc) is 3.48. The summed E-state index contributed by atoms with van der Waals surface area (Å²) in [5.74, 6) is 0.455. The number of benzene rings is 2. The summed E-state index contributed by atoms with van der Waals surface area (Å²) < 4.78 is 0. The van der Waals surface area contributed by atoms with Crippen molar-refractivity contribution in [1.29, 1.82) is 5.26 Å². The molecule has 6 rings (SSSR count). The molecule has 2 aliphatic heterocycles. The maximum Gasteiger partial charge on any atom is 0.254 e. The third-order valence-corrected chi connectivity index (χ3v) is 8.66. The van der Waals surface area contributed by atoms with Crippen LogP contribution >= 0.6 is 0 Å². The van der Waals surface area contributed by atoms with E-state index in [1.807, 2.05) is 48.5 Å². The van der Waals surface area contributed by atoms with E-state index in [1.54, 1.807) is 6.20 Å². The predicted octanol–water partition coefficient (Wildman–Crippen LogP) is 4.74. The molecule has 4 aromatic rings. The number of pyridine rings is 1. The van der Waals surface area contributed by atoms with Gasteiger partial charge in [-0.1, -0.05) is 25.1 Å². The molecule has 0 spiro atoms. The first kappa shape index (κ1) is 26.6. The number of fused-ring (bicyclic) bond motifs is 1. The van der Waals surface area contributed by atoms with Crippen LogP contribution in [0.15, 0.2) is 55.0 Å². The zero-order valence-electron chi connectivity index (χ0n) is 23.9. The second kappa shape index (κ2) is 11.1. The summed E-state index contributed by atoms with van der Waals surface area (Å²) in [6, 6.07) is 14.6. The van der Waals surface area contributed by atoms with Gasteiger partial charge in [-0.25, -0.2) is 0 Å². The van der Waals surface area contributed by atoms with E-state index < -0.39 is 0 Å². The van der Waals surface area contributed by atoms with Gasteiger partial charge in [0.1, 0.15) is 6.07 Å². The normalized spacial score (nSPS) is 19.3. The highest BCUT2D eigenvalue weighted by Crippen LogP contribution is 2.30. The number of nitrogens with one attached hydrogen (secondary N) is 2. The molecule has 2 N–H and O–H groups in total. The summed E-state index contributed by atoms with van der Waals surface area (Å²) in [7, 11) is 0. The third-order valence-electron chi connectivity index (χ3n) is 8.66. The monoisotopic (exact) mass is 548 g/mol.